The molecule has 2 rings (SSSR count). The Bertz CT molecular complexity index is 600. The molecule has 0 saturated carbocycles. The van der Waals surface area contributed by atoms with Gasteiger partial charge in [-0.1, -0.05) is 29.8 Å². The summed E-state index contributed by atoms with van der Waals surface area (Å²) < 4.78 is 1.53. The van der Waals surface area contributed by atoms with Crippen LogP contribution in [0.3, 0.4) is 0 Å². The van der Waals surface area contributed by atoms with Gasteiger partial charge >= 0.3 is 0 Å². The van der Waals surface area contributed by atoms with Crippen molar-refractivity contribution in [1.82, 2.24) is 14.9 Å². The molecule has 0 aliphatic rings. The van der Waals surface area contributed by atoms with Gasteiger partial charge in [0.1, 0.15) is 12.1 Å². The van der Waals surface area contributed by atoms with E-state index in [9.17, 15) is 5.11 Å². The second-order valence-electron chi connectivity index (χ2n) is 3.29. The molecule has 0 aliphatic carbocycles. The van der Waals surface area contributed by atoms with Crippen LogP contribution in [-0.2, 0) is 0 Å². The molecule has 0 fully saturated rings. The van der Waals surface area contributed by atoms with Gasteiger partial charge in [-0.25, -0.2) is 0 Å². The average Bonchev–Trinajstić information content (AvgIpc) is 2.81. The van der Waals surface area contributed by atoms with Crippen molar-refractivity contribution in [1.29, 1.82) is 0 Å². The van der Waals surface area contributed by atoms with Gasteiger partial charge in [-0.15, -0.1) is 16.6 Å². The van der Waals surface area contributed by atoms with Crippen LogP contribution in [0, 0.1) is 12.3 Å². The fraction of sp³-hybridized carbons (Fsp3) is 0.0833. The van der Waals surface area contributed by atoms with E-state index >= 15 is 0 Å². The third-order valence-electron chi connectivity index (χ3n) is 1.99. The summed E-state index contributed by atoms with van der Waals surface area (Å²) in [4.78, 5) is 0. The highest BCUT2D eigenvalue weighted by atomic mass is 32.2. The Hall–Kier alpha value is -2.26. The molecule has 90 valence electrons. The second kappa shape index (κ2) is 5.89. The summed E-state index contributed by atoms with van der Waals surface area (Å²) in [5.41, 5.74) is 0.789. The van der Waals surface area contributed by atoms with Gasteiger partial charge in [-0.2, -0.15) is 9.78 Å². The normalized spacial score (nSPS) is 10.6. The first-order valence-electron chi connectivity index (χ1n) is 5.09. The van der Waals surface area contributed by atoms with Crippen LogP contribution in [0.2, 0.25) is 0 Å². The molecule has 1 N–H and O–H groups in total. The van der Waals surface area contributed by atoms with E-state index in [1.807, 2.05) is 6.07 Å². The summed E-state index contributed by atoms with van der Waals surface area (Å²) in [7, 11) is 0. The summed E-state index contributed by atoms with van der Waals surface area (Å²) in [6.45, 7) is 0. The molecule has 0 saturated heterocycles. The van der Waals surface area contributed by atoms with Crippen molar-refractivity contribution in [3.63, 3.8) is 0 Å². The van der Waals surface area contributed by atoms with Gasteiger partial charge in [-0.05, 0) is 17.7 Å². The lowest BCUT2D eigenvalue weighted by Gasteiger charge is -1.97. The maximum Gasteiger partial charge on any atom is 0.212 e. The molecule has 0 amide bonds. The molecule has 0 spiro atoms. The van der Waals surface area contributed by atoms with Crippen LogP contribution in [0.1, 0.15) is 5.56 Å². The van der Waals surface area contributed by atoms with Gasteiger partial charge in [-0.3, -0.25) is 0 Å². The topological polar surface area (TPSA) is 63.3 Å². The van der Waals surface area contributed by atoms with E-state index in [2.05, 4.69) is 21.2 Å². The molecular formula is C12H10N4OS. The van der Waals surface area contributed by atoms with Crippen molar-refractivity contribution in [2.24, 2.45) is 5.10 Å². The van der Waals surface area contributed by atoms with Crippen LogP contribution in [0.25, 0.3) is 0 Å². The fourth-order valence-corrected chi connectivity index (χ4v) is 1.78. The van der Waals surface area contributed by atoms with Gasteiger partial charge in [0.15, 0.2) is 0 Å². The highest BCUT2D eigenvalue weighted by Crippen LogP contribution is 2.14. The smallest absolute Gasteiger partial charge is 0.212 e. The zero-order valence-corrected chi connectivity index (χ0v) is 10.2. The van der Waals surface area contributed by atoms with E-state index in [4.69, 9.17) is 6.42 Å². The van der Waals surface area contributed by atoms with Crippen LogP contribution in [0.5, 0.6) is 5.75 Å². The first-order valence-corrected chi connectivity index (χ1v) is 6.08. The first kappa shape index (κ1) is 12.2. The summed E-state index contributed by atoms with van der Waals surface area (Å²) in [5.74, 6) is 3.22. The van der Waals surface area contributed by atoms with Crippen LogP contribution in [-0.4, -0.2) is 31.9 Å². The number of hydrogen-bond donors (Lipinski definition) is 1. The number of aromatic nitrogens is 3. The van der Waals surface area contributed by atoms with Crippen LogP contribution in [0.4, 0.5) is 0 Å². The zero-order valence-electron chi connectivity index (χ0n) is 9.39. The number of terminal acetylenes is 1. The number of nitrogens with zero attached hydrogens (tertiary/aromatic N) is 4. The standard InChI is InChI=1S/C12H10N4OS/c1-2-6-18-12-15-13-9-16(12)14-8-10-4-3-5-11(17)7-10/h1,3-5,7-9,17H,6H2/b14-8+. The predicted octanol–water partition coefficient (Wildman–Crippen LogP) is 1.59. The van der Waals surface area contributed by atoms with E-state index in [1.54, 1.807) is 24.4 Å². The molecule has 5 nitrogen and oxygen atoms in total. The molecular weight excluding hydrogens is 248 g/mol. The first-order chi connectivity index (χ1) is 8.79. The average molecular weight is 258 g/mol. The molecule has 1 aromatic carbocycles. The number of thioether (sulfide) groups is 1. The lowest BCUT2D eigenvalue weighted by atomic mass is 10.2. The van der Waals surface area contributed by atoms with E-state index in [0.717, 1.165) is 5.56 Å². The summed E-state index contributed by atoms with van der Waals surface area (Å²) in [6.07, 6.45) is 8.29. The molecule has 0 unspecified atom stereocenters. The van der Waals surface area contributed by atoms with Crippen molar-refractivity contribution < 1.29 is 5.11 Å². The van der Waals surface area contributed by atoms with E-state index in [1.165, 1.54) is 22.8 Å². The molecule has 6 heteroatoms. The highest BCUT2D eigenvalue weighted by Gasteiger charge is 2.01. The minimum atomic E-state index is 0.199. The van der Waals surface area contributed by atoms with Gasteiger partial charge in [0.2, 0.25) is 5.16 Å². The highest BCUT2D eigenvalue weighted by molar-refractivity contribution is 7.99. The Morgan fingerprint density at radius 2 is 2.44 bits per heavy atom. The number of hydrogen-bond acceptors (Lipinski definition) is 5. The monoisotopic (exact) mass is 258 g/mol. The Kier molecular flexibility index (Phi) is 3.99. The molecule has 0 bridgehead atoms. The van der Waals surface area contributed by atoms with E-state index in [0.29, 0.717) is 10.9 Å². The lowest BCUT2D eigenvalue weighted by Crippen LogP contribution is -1.92. The van der Waals surface area contributed by atoms with Crippen LogP contribution < -0.4 is 0 Å². The van der Waals surface area contributed by atoms with E-state index in [-0.39, 0.29) is 5.75 Å². The number of phenolic OH excluding ortho intramolecular Hbond substituents is 1. The third kappa shape index (κ3) is 3.12. The molecule has 2 aromatic rings. The molecule has 18 heavy (non-hydrogen) atoms. The van der Waals surface area contributed by atoms with Crippen molar-refractivity contribution >= 4 is 18.0 Å². The molecule has 0 radical (unpaired) electrons. The number of phenols is 1. The van der Waals surface area contributed by atoms with Crippen molar-refractivity contribution in [2.75, 3.05) is 5.75 Å². The van der Waals surface area contributed by atoms with Gasteiger partial charge in [0, 0.05) is 0 Å². The van der Waals surface area contributed by atoms with Gasteiger partial charge in [0.05, 0.1) is 12.0 Å². The predicted molar refractivity (Wildman–Crippen MR) is 70.7 cm³/mol. The Morgan fingerprint density at radius 3 is 3.22 bits per heavy atom. The maximum atomic E-state index is 9.32. The Labute approximate surface area is 109 Å². The summed E-state index contributed by atoms with van der Waals surface area (Å²) in [6, 6.07) is 6.80. The Morgan fingerprint density at radius 1 is 1.56 bits per heavy atom. The number of aromatic hydroxyl groups is 1. The SMILES string of the molecule is C#CCSc1nncn1/N=C/c1cccc(O)c1. The van der Waals surface area contributed by atoms with E-state index < -0.39 is 0 Å². The van der Waals surface area contributed by atoms with Gasteiger partial charge < -0.3 is 5.11 Å². The van der Waals surface area contributed by atoms with Crippen LogP contribution >= 0.6 is 11.8 Å². The minimum absolute atomic E-state index is 0.199. The maximum absolute atomic E-state index is 9.32. The largest absolute Gasteiger partial charge is 0.508 e. The molecule has 0 atom stereocenters. The van der Waals surface area contributed by atoms with Crippen molar-refractivity contribution in [2.45, 2.75) is 5.16 Å². The number of rotatable bonds is 4. The minimum Gasteiger partial charge on any atom is -0.508 e. The summed E-state index contributed by atoms with van der Waals surface area (Å²) >= 11 is 1.38. The third-order valence-corrected chi connectivity index (χ3v) is 2.82. The zero-order chi connectivity index (χ0) is 12.8. The molecule has 1 aromatic heterocycles. The summed E-state index contributed by atoms with van der Waals surface area (Å²) in [5, 5.41) is 21.8. The van der Waals surface area contributed by atoms with Gasteiger partial charge in [0.25, 0.3) is 0 Å². The Balaban J connectivity index is 2.14. The number of benzene rings is 1. The second-order valence-corrected chi connectivity index (χ2v) is 4.23. The lowest BCUT2D eigenvalue weighted by molar-refractivity contribution is 0.475. The van der Waals surface area contributed by atoms with Crippen molar-refractivity contribution in [3.8, 4) is 18.1 Å². The fourth-order valence-electron chi connectivity index (χ4n) is 1.23. The molecule has 1 heterocycles. The molecule has 0 aliphatic heterocycles. The van der Waals surface area contributed by atoms with Crippen molar-refractivity contribution in [3.05, 3.63) is 36.2 Å². The quantitative estimate of drug-likeness (QED) is 0.514. The van der Waals surface area contributed by atoms with Crippen LogP contribution in [0.15, 0.2) is 40.9 Å².